The molecule has 4 fully saturated rings. The van der Waals surface area contributed by atoms with Crippen LogP contribution in [0.5, 0.6) is 0 Å². The molecule has 4 rings (SSSR count). The van der Waals surface area contributed by atoms with Gasteiger partial charge in [0.05, 0.1) is 26.4 Å². The van der Waals surface area contributed by atoms with Gasteiger partial charge in [-0.25, -0.2) is 4.79 Å². The fraction of sp³-hybridized carbons (Fsp3) is 0.903. The van der Waals surface area contributed by atoms with Crippen LogP contribution in [0.1, 0.15) is 38.5 Å². The number of nitrogens with zero attached hydrogens (tertiary/aromatic N) is 2. The van der Waals surface area contributed by atoms with E-state index < -0.39 is 130 Å². The Morgan fingerprint density at radius 1 is 0.679 bits per heavy atom. The Labute approximate surface area is 303 Å². The van der Waals surface area contributed by atoms with Gasteiger partial charge in [0.15, 0.2) is 18.9 Å². The van der Waals surface area contributed by atoms with Crippen molar-refractivity contribution in [2.45, 2.75) is 131 Å². The lowest BCUT2D eigenvalue weighted by Gasteiger charge is -2.46. The molecule has 4 aliphatic heterocycles. The van der Waals surface area contributed by atoms with E-state index in [2.05, 4.69) is 0 Å². The zero-order valence-electron chi connectivity index (χ0n) is 29.1. The minimum Gasteiger partial charge on any atom is -0.394 e. The lowest BCUT2D eigenvalue weighted by atomic mass is 9.96. The average molecular weight is 773 g/mol. The molecule has 0 aliphatic carbocycles. The second-order valence-electron chi connectivity index (χ2n) is 13.4. The number of ether oxygens (including phenoxy) is 6. The number of aliphatic hydroxyl groups is 10. The van der Waals surface area contributed by atoms with E-state index in [1.54, 1.807) is 7.05 Å². The van der Waals surface area contributed by atoms with Crippen LogP contribution >= 0.6 is 0 Å². The average Bonchev–Trinajstić information content (AvgIpc) is 3.45. The monoisotopic (exact) mass is 772 g/mol. The first-order valence-electron chi connectivity index (χ1n) is 17.4. The minimum atomic E-state index is -1.88. The van der Waals surface area contributed by atoms with Crippen LogP contribution in [0.25, 0.3) is 0 Å². The maximum atomic E-state index is 12.0. The standard InChI is InChI=1S/C31H52N2O20/c1-32(8-4-2-3-5-19(38)53-33-17(36)6-7-18(33)37)9-10-47-30-27(46)28(52-31-26(45)24(43)21(40)15(12-35)50-31)22(41)16(51-30)13-48-29-25(44)23(42)20(39)14(11-34)49-29/h14-16,20-31,34-35,39-46H,2-13H2,1H3/t14-,15-,16-,20-,21-,22-,23+,24+,25+,26+,27+,28+,29+,30+,31-/m1/s1. The first kappa shape index (κ1) is 43.7. The minimum absolute atomic E-state index is 0.00694. The highest BCUT2D eigenvalue weighted by Crippen LogP contribution is 2.31. The van der Waals surface area contributed by atoms with E-state index in [4.69, 9.17) is 33.3 Å². The molecule has 0 unspecified atom stereocenters. The quantitative estimate of drug-likeness (QED) is 0.0457. The van der Waals surface area contributed by atoms with E-state index in [0.29, 0.717) is 37.4 Å². The van der Waals surface area contributed by atoms with E-state index in [1.165, 1.54) is 0 Å². The van der Waals surface area contributed by atoms with Crippen LogP contribution in [0.15, 0.2) is 0 Å². The summed E-state index contributed by atoms with van der Waals surface area (Å²) >= 11 is 0. The van der Waals surface area contributed by atoms with Gasteiger partial charge in [-0.3, -0.25) is 9.59 Å². The largest absolute Gasteiger partial charge is 0.394 e. The summed E-state index contributed by atoms with van der Waals surface area (Å²) in [6.45, 7) is -1.26. The highest BCUT2D eigenvalue weighted by molar-refractivity contribution is 6.01. The van der Waals surface area contributed by atoms with Crippen LogP contribution < -0.4 is 0 Å². The summed E-state index contributed by atoms with van der Waals surface area (Å²) in [6.07, 6.45) is -22.9. The van der Waals surface area contributed by atoms with Crippen LogP contribution in [-0.4, -0.2) is 217 Å². The van der Waals surface area contributed by atoms with Crippen LogP contribution in [0, 0.1) is 0 Å². The van der Waals surface area contributed by atoms with Gasteiger partial charge in [0, 0.05) is 25.8 Å². The lowest BCUT2D eigenvalue weighted by Crippen LogP contribution is -2.65. The molecule has 0 saturated carbocycles. The van der Waals surface area contributed by atoms with Crippen molar-refractivity contribution >= 4 is 17.8 Å². The van der Waals surface area contributed by atoms with Crippen molar-refractivity contribution in [1.29, 1.82) is 0 Å². The first-order chi connectivity index (χ1) is 25.2. The molecule has 0 aromatic carbocycles. The molecule has 4 aliphatic rings. The van der Waals surface area contributed by atoms with Gasteiger partial charge in [0.2, 0.25) is 0 Å². The fourth-order valence-corrected chi connectivity index (χ4v) is 6.14. The Morgan fingerprint density at radius 2 is 1.23 bits per heavy atom. The smallest absolute Gasteiger partial charge is 0.333 e. The van der Waals surface area contributed by atoms with Gasteiger partial charge in [0.25, 0.3) is 11.8 Å². The molecule has 0 aromatic heterocycles. The molecule has 0 aromatic rings. The van der Waals surface area contributed by atoms with Gasteiger partial charge in [-0.05, 0) is 26.4 Å². The summed E-state index contributed by atoms with van der Waals surface area (Å²) in [4.78, 5) is 41.9. The van der Waals surface area contributed by atoms with Gasteiger partial charge in [-0.15, -0.1) is 5.06 Å². The van der Waals surface area contributed by atoms with Crippen molar-refractivity contribution in [3.8, 4) is 0 Å². The van der Waals surface area contributed by atoms with Gasteiger partial charge >= 0.3 is 5.97 Å². The number of hydrogen-bond donors (Lipinski definition) is 10. The molecule has 306 valence electrons. The summed E-state index contributed by atoms with van der Waals surface area (Å²) in [6, 6.07) is 0. The van der Waals surface area contributed by atoms with E-state index >= 15 is 0 Å². The van der Waals surface area contributed by atoms with Crippen molar-refractivity contribution in [3.63, 3.8) is 0 Å². The molecular weight excluding hydrogens is 720 g/mol. The summed E-state index contributed by atoms with van der Waals surface area (Å²) in [5, 5.41) is 103. The summed E-state index contributed by atoms with van der Waals surface area (Å²) in [5.41, 5.74) is 0. The number of rotatable bonds is 18. The molecule has 53 heavy (non-hydrogen) atoms. The molecular formula is C31H52N2O20. The summed E-state index contributed by atoms with van der Waals surface area (Å²) < 4.78 is 33.5. The van der Waals surface area contributed by atoms with Gasteiger partial charge in [0.1, 0.15) is 73.2 Å². The number of carbonyl (C=O) groups excluding carboxylic acids is 3. The Hall–Kier alpha value is -2.07. The molecule has 0 bridgehead atoms. The number of imide groups is 1. The highest BCUT2D eigenvalue weighted by Gasteiger charge is 2.52. The molecule has 15 atom stereocenters. The SMILES string of the molecule is CN(CCCCCC(=O)ON1C(=O)CCC1=O)CCO[C@H]1O[C@H](CO[C@H]2O[C@H](CO)[C@@H](O)[C@H](O)[C@@H]2O)[C@@H](O)[C@H](O[C@H]2O[C@H](CO)[C@@H](O)[C@H](O)[C@@H]2O)[C@@H]1O. The zero-order valence-corrected chi connectivity index (χ0v) is 29.1. The number of hydrogen-bond acceptors (Lipinski definition) is 21. The van der Waals surface area contributed by atoms with Gasteiger partial charge in [-0.1, -0.05) is 6.42 Å². The van der Waals surface area contributed by atoms with Crippen LogP contribution in [-0.2, 0) is 47.6 Å². The van der Waals surface area contributed by atoms with E-state index in [9.17, 15) is 65.4 Å². The molecule has 22 heteroatoms. The molecule has 0 spiro atoms. The highest BCUT2D eigenvalue weighted by atomic mass is 16.8. The topological polar surface area (TPSA) is 325 Å². The van der Waals surface area contributed by atoms with Crippen molar-refractivity contribution in [3.05, 3.63) is 0 Å². The number of carbonyl (C=O) groups is 3. The van der Waals surface area contributed by atoms with Crippen molar-refractivity contribution in [1.82, 2.24) is 9.96 Å². The Bertz CT molecular complexity index is 1170. The number of unbranched alkanes of at least 4 members (excludes halogenated alkanes) is 2. The molecule has 0 radical (unpaired) electrons. The first-order valence-corrected chi connectivity index (χ1v) is 17.4. The number of aliphatic hydroxyl groups excluding tert-OH is 10. The molecule has 4 heterocycles. The molecule has 10 N–H and O–H groups in total. The number of likely N-dealkylation sites (N-methyl/N-ethyl adjacent to an activating group) is 1. The van der Waals surface area contributed by atoms with Gasteiger partial charge in [-0.2, -0.15) is 0 Å². The summed E-state index contributed by atoms with van der Waals surface area (Å²) in [7, 11) is 1.78. The maximum absolute atomic E-state index is 12.0. The predicted octanol–water partition coefficient (Wildman–Crippen LogP) is -6.45. The van der Waals surface area contributed by atoms with Crippen molar-refractivity contribution in [2.24, 2.45) is 0 Å². The second kappa shape index (κ2) is 20.2. The van der Waals surface area contributed by atoms with Gasteiger partial charge < -0.3 is 89.2 Å². The third-order valence-corrected chi connectivity index (χ3v) is 9.43. The molecule has 2 amide bonds. The van der Waals surface area contributed by atoms with Crippen LogP contribution in [0.3, 0.4) is 0 Å². The molecule has 22 nitrogen and oxygen atoms in total. The fourth-order valence-electron chi connectivity index (χ4n) is 6.14. The Morgan fingerprint density at radius 3 is 1.83 bits per heavy atom. The Kier molecular flexibility index (Phi) is 16.6. The number of hydroxylamine groups is 2. The molecule has 4 saturated heterocycles. The third-order valence-electron chi connectivity index (χ3n) is 9.43. The van der Waals surface area contributed by atoms with Crippen molar-refractivity contribution < 1.29 is 98.7 Å². The van der Waals surface area contributed by atoms with Crippen molar-refractivity contribution in [2.75, 3.05) is 46.6 Å². The van der Waals surface area contributed by atoms with E-state index in [-0.39, 0.29) is 25.9 Å². The van der Waals surface area contributed by atoms with Crippen LogP contribution in [0.2, 0.25) is 0 Å². The number of amides is 2. The summed E-state index contributed by atoms with van der Waals surface area (Å²) in [5.74, 6) is -1.79. The predicted molar refractivity (Wildman–Crippen MR) is 168 cm³/mol. The maximum Gasteiger partial charge on any atom is 0.333 e. The Balaban J connectivity index is 1.31. The van der Waals surface area contributed by atoms with E-state index in [0.717, 1.165) is 0 Å². The normalized spacial score (nSPS) is 39.5. The van der Waals surface area contributed by atoms with E-state index in [1.807, 2.05) is 4.90 Å². The lowest BCUT2D eigenvalue weighted by molar-refractivity contribution is -0.366. The zero-order chi connectivity index (χ0) is 39.0. The third kappa shape index (κ3) is 11.0. The van der Waals surface area contributed by atoms with Crippen LogP contribution in [0.4, 0.5) is 0 Å². The second-order valence-corrected chi connectivity index (χ2v) is 13.4.